The van der Waals surface area contributed by atoms with E-state index in [4.69, 9.17) is 5.11 Å². The SMILES string of the molecule is OCCCCNCc1ccc2sccc2c1. The molecule has 1 aromatic carbocycles. The maximum atomic E-state index is 8.65. The fraction of sp³-hybridized carbons (Fsp3) is 0.385. The molecule has 0 aliphatic carbocycles. The van der Waals surface area contributed by atoms with E-state index in [9.17, 15) is 0 Å². The lowest BCUT2D eigenvalue weighted by Gasteiger charge is -2.04. The van der Waals surface area contributed by atoms with Crippen molar-refractivity contribution in [2.45, 2.75) is 19.4 Å². The van der Waals surface area contributed by atoms with E-state index in [0.29, 0.717) is 6.61 Å². The first-order chi connectivity index (χ1) is 7.90. The van der Waals surface area contributed by atoms with E-state index in [1.807, 2.05) is 0 Å². The fourth-order valence-corrected chi connectivity index (χ4v) is 2.49. The molecule has 2 nitrogen and oxygen atoms in total. The second-order valence-corrected chi connectivity index (χ2v) is 4.85. The topological polar surface area (TPSA) is 32.3 Å². The Hall–Kier alpha value is -0.900. The van der Waals surface area contributed by atoms with Gasteiger partial charge >= 0.3 is 0 Å². The van der Waals surface area contributed by atoms with Crippen LogP contribution in [0.3, 0.4) is 0 Å². The van der Waals surface area contributed by atoms with Gasteiger partial charge in [0.05, 0.1) is 0 Å². The summed E-state index contributed by atoms with van der Waals surface area (Å²) >= 11 is 1.78. The molecule has 0 atom stereocenters. The van der Waals surface area contributed by atoms with Gasteiger partial charge < -0.3 is 10.4 Å². The van der Waals surface area contributed by atoms with Crippen molar-refractivity contribution < 1.29 is 5.11 Å². The number of nitrogens with one attached hydrogen (secondary N) is 1. The van der Waals surface area contributed by atoms with E-state index in [1.165, 1.54) is 15.6 Å². The quantitative estimate of drug-likeness (QED) is 0.755. The van der Waals surface area contributed by atoms with E-state index in [1.54, 1.807) is 11.3 Å². The van der Waals surface area contributed by atoms with E-state index >= 15 is 0 Å². The number of rotatable bonds is 6. The number of hydrogen-bond donors (Lipinski definition) is 2. The number of fused-ring (bicyclic) bond motifs is 1. The van der Waals surface area contributed by atoms with Crippen LogP contribution in [0.5, 0.6) is 0 Å². The van der Waals surface area contributed by atoms with E-state index < -0.39 is 0 Å². The monoisotopic (exact) mass is 235 g/mol. The standard InChI is InChI=1S/C13H17NOS/c15-7-2-1-6-14-10-11-3-4-13-12(9-11)5-8-16-13/h3-5,8-9,14-15H,1-2,6-7,10H2. The number of unbranched alkanes of at least 4 members (excludes halogenated alkanes) is 1. The van der Waals surface area contributed by atoms with Crippen molar-refractivity contribution in [3.63, 3.8) is 0 Å². The Morgan fingerprint density at radius 3 is 3.00 bits per heavy atom. The van der Waals surface area contributed by atoms with Gasteiger partial charge in [0, 0.05) is 17.9 Å². The van der Waals surface area contributed by atoms with E-state index in [-0.39, 0.29) is 0 Å². The zero-order valence-corrected chi connectivity index (χ0v) is 10.1. The molecular weight excluding hydrogens is 218 g/mol. The van der Waals surface area contributed by atoms with Gasteiger partial charge in [0.2, 0.25) is 0 Å². The van der Waals surface area contributed by atoms with Crippen molar-refractivity contribution >= 4 is 21.4 Å². The zero-order chi connectivity index (χ0) is 11.2. The number of aliphatic hydroxyl groups is 1. The molecule has 1 heterocycles. The van der Waals surface area contributed by atoms with Crippen molar-refractivity contribution in [2.75, 3.05) is 13.2 Å². The molecule has 16 heavy (non-hydrogen) atoms. The summed E-state index contributed by atoms with van der Waals surface area (Å²) in [5.41, 5.74) is 1.33. The lowest BCUT2D eigenvalue weighted by molar-refractivity contribution is 0.283. The fourth-order valence-electron chi connectivity index (χ4n) is 1.72. The molecule has 0 spiro atoms. The third kappa shape index (κ3) is 3.04. The van der Waals surface area contributed by atoms with Gasteiger partial charge in [-0.2, -0.15) is 0 Å². The molecule has 0 fully saturated rings. The molecule has 2 aromatic rings. The van der Waals surface area contributed by atoms with Crippen LogP contribution in [0, 0.1) is 0 Å². The minimum Gasteiger partial charge on any atom is -0.396 e. The van der Waals surface area contributed by atoms with Crippen LogP contribution >= 0.6 is 11.3 Å². The summed E-state index contributed by atoms with van der Waals surface area (Å²) in [7, 11) is 0. The molecule has 0 aliphatic rings. The average molecular weight is 235 g/mol. The molecule has 0 amide bonds. The Bertz CT molecular complexity index is 438. The highest BCUT2D eigenvalue weighted by atomic mass is 32.1. The van der Waals surface area contributed by atoms with Crippen molar-refractivity contribution in [2.24, 2.45) is 0 Å². The molecule has 2 rings (SSSR count). The highest BCUT2D eigenvalue weighted by Crippen LogP contribution is 2.21. The Morgan fingerprint density at radius 2 is 2.12 bits per heavy atom. The van der Waals surface area contributed by atoms with Crippen LogP contribution in [0.25, 0.3) is 10.1 Å². The van der Waals surface area contributed by atoms with Crippen molar-refractivity contribution in [1.82, 2.24) is 5.32 Å². The van der Waals surface area contributed by atoms with E-state index in [0.717, 1.165) is 25.9 Å². The molecule has 0 radical (unpaired) electrons. The number of aliphatic hydroxyl groups excluding tert-OH is 1. The molecule has 0 saturated heterocycles. The molecule has 1 aromatic heterocycles. The van der Waals surface area contributed by atoms with Crippen LogP contribution in [-0.4, -0.2) is 18.3 Å². The molecule has 86 valence electrons. The van der Waals surface area contributed by atoms with Gasteiger partial charge in [-0.15, -0.1) is 11.3 Å². The zero-order valence-electron chi connectivity index (χ0n) is 9.28. The van der Waals surface area contributed by atoms with Gasteiger partial charge in [-0.25, -0.2) is 0 Å². The Labute approximate surface area is 99.9 Å². The average Bonchev–Trinajstić information content (AvgIpc) is 2.76. The van der Waals surface area contributed by atoms with Crippen LogP contribution in [0.1, 0.15) is 18.4 Å². The molecule has 0 saturated carbocycles. The normalized spacial score (nSPS) is 11.1. The van der Waals surface area contributed by atoms with Gasteiger partial charge in [-0.05, 0) is 53.9 Å². The number of hydrogen-bond acceptors (Lipinski definition) is 3. The molecular formula is C13H17NOS. The van der Waals surface area contributed by atoms with Crippen molar-refractivity contribution in [3.05, 3.63) is 35.2 Å². The van der Waals surface area contributed by atoms with Gasteiger partial charge in [-0.3, -0.25) is 0 Å². The van der Waals surface area contributed by atoms with Gasteiger partial charge in [0.25, 0.3) is 0 Å². The lowest BCUT2D eigenvalue weighted by atomic mass is 10.1. The Kier molecular flexibility index (Phi) is 4.34. The summed E-state index contributed by atoms with van der Waals surface area (Å²) < 4.78 is 1.35. The molecule has 0 unspecified atom stereocenters. The third-order valence-electron chi connectivity index (χ3n) is 2.61. The van der Waals surface area contributed by atoms with E-state index in [2.05, 4.69) is 35.0 Å². The van der Waals surface area contributed by atoms with Crippen molar-refractivity contribution in [3.8, 4) is 0 Å². The second kappa shape index (κ2) is 5.99. The van der Waals surface area contributed by atoms with Crippen LogP contribution in [0.4, 0.5) is 0 Å². The maximum absolute atomic E-state index is 8.65. The molecule has 0 aliphatic heterocycles. The summed E-state index contributed by atoms with van der Waals surface area (Å²) in [5, 5.41) is 15.5. The lowest BCUT2D eigenvalue weighted by Crippen LogP contribution is -2.14. The number of benzene rings is 1. The highest BCUT2D eigenvalue weighted by Gasteiger charge is 1.97. The van der Waals surface area contributed by atoms with Crippen LogP contribution < -0.4 is 5.32 Å². The first-order valence-electron chi connectivity index (χ1n) is 5.68. The number of thiophene rings is 1. The minimum absolute atomic E-state index is 0.294. The first-order valence-corrected chi connectivity index (χ1v) is 6.56. The Balaban J connectivity index is 1.84. The molecule has 0 bridgehead atoms. The van der Waals surface area contributed by atoms with Gasteiger partial charge in [-0.1, -0.05) is 6.07 Å². The predicted octanol–water partition coefficient (Wildman–Crippen LogP) is 2.76. The summed E-state index contributed by atoms with van der Waals surface area (Å²) in [5.74, 6) is 0. The summed E-state index contributed by atoms with van der Waals surface area (Å²) in [6, 6.07) is 8.77. The maximum Gasteiger partial charge on any atom is 0.0431 e. The van der Waals surface area contributed by atoms with Crippen LogP contribution in [0.15, 0.2) is 29.6 Å². The molecule has 3 heteroatoms. The smallest absolute Gasteiger partial charge is 0.0431 e. The highest BCUT2D eigenvalue weighted by molar-refractivity contribution is 7.17. The van der Waals surface area contributed by atoms with Crippen LogP contribution in [0.2, 0.25) is 0 Å². The molecule has 2 N–H and O–H groups in total. The van der Waals surface area contributed by atoms with Crippen LogP contribution in [-0.2, 0) is 6.54 Å². The largest absolute Gasteiger partial charge is 0.396 e. The van der Waals surface area contributed by atoms with Crippen molar-refractivity contribution in [1.29, 1.82) is 0 Å². The summed E-state index contributed by atoms with van der Waals surface area (Å²) in [6.45, 7) is 2.18. The first kappa shape index (κ1) is 11.6. The second-order valence-electron chi connectivity index (χ2n) is 3.90. The Morgan fingerprint density at radius 1 is 1.19 bits per heavy atom. The van der Waals surface area contributed by atoms with Gasteiger partial charge in [0.1, 0.15) is 0 Å². The minimum atomic E-state index is 0.294. The predicted molar refractivity (Wildman–Crippen MR) is 69.9 cm³/mol. The summed E-state index contributed by atoms with van der Waals surface area (Å²) in [6.07, 6.45) is 1.92. The third-order valence-corrected chi connectivity index (χ3v) is 3.51. The van der Waals surface area contributed by atoms with Gasteiger partial charge in [0.15, 0.2) is 0 Å². The summed E-state index contributed by atoms with van der Waals surface area (Å²) in [4.78, 5) is 0.